The molecule has 1 aromatic heterocycles. The lowest BCUT2D eigenvalue weighted by atomic mass is 9.85. The molecule has 100 valence electrons. The highest BCUT2D eigenvalue weighted by Crippen LogP contribution is 2.27. The summed E-state index contributed by atoms with van der Waals surface area (Å²) in [6.45, 7) is 7.48. The number of thioether (sulfide) groups is 1. The second kappa shape index (κ2) is 5.73. The number of aromatic nitrogens is 2. The van der Waals surface area contributed by atoms with Gasteiger partial charge in [-0.2, -0.15) is 4.98 Å². The van der Waals surface area contributed by atoms with E-state index in [0.29, 0.717) is 18.4 Å². The number of amidine groups is 1. The van der Waals surface area contributed by atoms with Crippen molar-refractivity contribution >= 4 is 16.9 Å². The minimum absolute atomic E-state index is 0.273. The molecule has 1 aliphatic rings. The van der Waals surface area contributed by atoms with Crippen molar-refractivity contribution in [3.05, 3.63) is 12.2 Å². The van der Waals surface area contributed by atoms with Crippen molar-refractivity contribution in [2.24, 2.45) is 10.4 Å². The molecule has 1 N–H and O–H groups in total. The minimum atomic E-state index is 0.273. The SMILES string of the molecule is CC(C)(C)C1CCSC(=NCCc2ncon2)N1. The summed E-state index contributed by atoms with van der Waals surface area (Å²) in [5.41, 5.74) is 0.273. The molecule has 1 atom stereocenters. The highest BCUT2D eigenvalue weighted by atomic mass is 32.2. The molecule has 0 amide bonds. The van der Waals surface area contributed by atoms with E-state index in [1.54, 1.807) is 11.8 Å². The third-order valence-corrected chi connectivity index (χ3v) is 3.95. The van der Waals surface area contributed by atoms with Gasteiger partial charge in [-0.1, -0.05) is 37.7 Å². The Labute approximate surface area is 112 Å². The van der Waals surface area contributed by atoms with Gasteiger partial charge in [-0.15, -0.1) is 0 Å². The van der Waals surface area contributed by atoms with Gasteiger partial charge in [-0.05, 0) is 11.8 Å². The van der Waals surface area contributed by atoms with Crippen LogP contribution in [0.1, 0.15) is 33.0 Å². The van der Waals surface area contributed by atoms with Crippen molar-refractivity contribution < 1.29 is 4.52 Å². The topological polar surface area (TPSA) is 63.3 Å². The molecule has 0 saturated carbocycles. The average Bonchev–Trinajstić information content (AvgIpc) is 2.81. The van der Waals surface area contributed by atoms with E-state index < -0.39 is 0 Å². The van der Waals surface area contributed by atoms with Crippen LogP contribution in [-0.4, -0.2) is 33.6 Å². The van der Waals surface area contributed by atoms with E-state index in [4.69, 9.17) is 0 Å². The lowest BCUT2D eigenvalue weighted by Gasteiger charge is -2.35. The van der Waals surface area contributed by atoms with Crippen molar-refractivity contribution in [1.82, 2.24) is 15.5 Å². The molecule has 2 heterocycles. The number of hydrogen-bond acceptors (Lipinski definition) is 5. The molecule has 0 radical (unpaired) electrons. The fourth-order valence-electron chi connectivity index (χ4n) is 1.84. The summed E-state index contributed by atoms with van der Waals surface area (Å²) in [7, 11) is 0. The van der Waals surface area contributed by atoms with E-state index in [9.17, 15) is 0 Å². The van der Waals surface area contributed by atoms with Gasteiger partial charge in [0, 0.05) is 24.8 Å². The molecule has 0 spiro atoms. The maximum Gasteiger partial charge on any atom is 0.213 e. The molecule has 6 heteroatoms. The first-order valence-corrected chi connectivity index (χ1v) is 7.23. The molecule has 0 bridgehead atoms. The summed E-state index contributed by atoms with van der Waals surface area (Å²) in [6.07, 6.45) is 3.27. The summed E-state index contributed by atoms with van der Waals surface area (Å²) in [6, 6.07) is 0.502. The molecular formula is C12H20N4OS. The summed E-state index contributed by atoms with van der Waals surface area (Å²) < 4.78 is 4.69. The predicted molar refractivity (Wildman–Crippen MR) is 73.8 cm³/mol. The van der Waals surface area contributed by atoms with Crippen molar-refractivity contribution in [3.63, 3.8) is 0 Å². The zero-order valence-electron chi connectivity index (χ0n) is 11.1. The summed E-state index contributed by atoms with van der Waals surface area (Å²) in [5, 5.41) is 8.34. The second-order valence-electron chi connectivity index (χ2n) is 5.48. The number of aliphatic imine (C=N–C) groups is 1. The summed E-state index contributed by atoms with van der Waals surface area (Å²) in [5.74, 6) is 1.85. The van der Waals surface area contributed by atoms with Crippen LogP contribution in [0.2, 0.25) is 0 Å². The Balaban J connectivity index is 1.85. The Morgan fingerprint density at radius 2 is 2.39 bits per heavy atom. The number of nitrogens with zero attached hydrogens (tertiary/aromatic N) is 3. The van der Waals surface area contributed by atoms with Gasteiger partial charge in [0.25, 0.3) is 0 Å². The molecule has 0 aromatic carbocycles. The van der Waals surface area contributed by atoms with Crippen LogP contribution >= 0.6 is 11.8 Å². The fraction of sp³-hybridized carbons (Fsp3) is 0.750. The van der Waals surface area contributed by atoms with Crippen LogP contribution in [-0.2, 0) is 6.42 Å². The Morgan fingerprint density at radius 3 is 3.06 bits per heavy atom. The monoisotopic (exact) mass is 268 g/mol. The van der Waals surface area contributed by atoms with Crippen LogP contribution in [0.15, 0.2) is 15.9 Å². The normalized spacial score (nSPS) is 23.1. The van der Waals surface area contributed by atoms with Gasteiger partial charge in [0.2, 0.25) is 6.39 Å². The van der Waals surface area contributed by atoms with Crippen molar-refractivity contribution in [2.75, 3.05) is 12.3 Å². The molecule has 1 aromatic rings. The van der Waals surface area contributed by atoms with Gasteiger partial charge in [0.15, 0.2) is 11.0 Å². The number of nitrogens with one attached hydrogen (secondary N) is 1. The molecule has 1 saturated heterocycles. The Morgan fingerprint density at radius 1 is 1.56 bits per heavy atom. The zero-order valence-corrected chi connectivity index (χ0v) is 12.0. The first-order chi connectivity index (χ1) is 8.55. The molecular weight excluding hydrogens is 248 g/mol. The molecule has 5 nitrogen and oxygen atoms in total. The average molecular weight is 268 g/mol. The molecule has 18 heavy (non-hydrogen) atoms. The van der Waals surface area contributed by atoms with Crippen LogP contribution in [0, 0.1) is 5.41 Å². The number of hydrogen-bond donors (Lipinski definition) is 1. The highest BCUT2D eigenvalue weighted by Gasteiger charge is 2.28. The Bertz CT molecular complexity index is 397. The van der Waals surface area contributed by atoms with Crippen LogP contribution in [0.4, 0.5) is 0 Å². The molecule has 1 aliphatic heterocycles. The van der Waals surface area contributed by atoms with E-state index in [-0.39, 0.29) is 5.41 Å². The van der Waals surface area contributed by atoms with Gasteiger partial charge < -0.3 is 9.84 Å². The smallest absolute Gasteiger partial charge is 0.213 e. The van der Waals surface area contributed by atoms with Gasteiger partial charge in [0.05, 0.1) is 0 Å². The van der Waals surface area contributed by atoms with E-state index in [2.05, 4.69) is 45.7 Å². The third kappa shape index (κ3) is 3.73. The maximum absolute atomic E-state index is 4.69. The largest absolute Gasteiger partial charge is 0.362 e. The summed E-state index contributed by atoms with van der Waals surface area (Å²) in [4.78, 5) is 8.55. The zero-order chi connectivity index (χ0) is 13.0. The summed E-state index contributed by atoms with van der Waals surface area (Å²) >= 11 is 1.79. The van der Waals surface area contributed by atoms with Crippen LogP contribution < -0.4 is 5.32 Å². The molecule has 1 unspecified atom stereocenters. The predicted octanol–water partition coefficient (Wildman–Crippen LogP) is 2.11. The van der Waals surface area contributed by atoms with Gasteiger partial charge >= 0.3 is 0 Å². The third-order valence-electron chi connectivity index (χ3n) is 2.99. The van der Waals surface area contributed by atoms with E-state index in [1.165, 1.54) is 12.8 Å². The maximum atomic E-state index is 4.69. The highest BCUT2D eigenvalue weighted by molar-refractivity contribution is 8.13. The van der Waals surface area contributed by atoms with Crippen molar-refractivity contribution in [1.29, 1.82) is 0 Å². The first-order valence-electron chi connectivity index (χ1n) is 6.25. The molecule has 0 aliphatic carbocycles. The minimum Gasteiger partial charge on any atom is -0.362 e. The Hall–Kier alpha value is -1.04. The molecule has 1 fully saturated rings. The van der Waals surface area contributed by atoms with Crippen LogP contribution in [0.5, 0.6) is 0 Å². The van der Waals surface area contributed by atoms with Crippen molar-refractivity contribution in [3.8, 4) is 0 Å². The number of rotatable bonds is 3. The quantitative estimate of drug-likeness (QED) is 0.909. The lowest BCUT2D eigenvalue weighted by Crippen LogP contribution is -2.46. The standard InChI is InChI=1S/C12H20N4OS/c1-12(2,3)9-5-7-18-11(15-9)13-6-4-10-14-8-17-16-10/h8-9H,4-7H2,1-3H3,(H,13,15). The fourth-order valence-corrected chi connectivity index (χ4v) is 2.79. The Kier molecular flexibility index (Phi) is 4.27. The molecule has 2 rings (SSSR count). The lowest BCUT2D eigenvalue weighted by molar-refractivity contribution is 0.290. The van der Waals surface area contributed by atoms with E-state index >= 15 is 0 Å². The van der Waals surface area contributed by atoms with Gasteiger partial charge in [0.1, 0.15) is 0 Å². The second-order valence-corrected chi connectivity index (χ2v) is 6.57. The van der Waals surface area contributed by atoms with Gasteiger partial charge in [-0.3, -0.25) is 4.99 Å². The van der Waals surface area contributed by atoms with Gasteiger partial charge in [-0.25, -0.2) is 0 Å². The van der Waals surface area contributed by atoms with E-state index in [1.807, 2.05) is 0 Å². The van der Waals surface area contributed by atoms with E-state index in [0.717, 1.165) is 17.3 Å². The van der Waals surface area contributed by atoms with Crippen LogP contribution in [0.3, 0.4) is 0 Å². The van der Waals surface area contributed by atoms with Crippen molar-refractivity contribution in [2.45, 2.75) is 39.7 Å². The first kappa shape index (κ1) is 13.4. The van der Waals surface area contributed by atoms with Crippen LogP contribution in [0.25, 0.3) is 0 Å².